The first-order chi connectivity index (χ1) is 9.20. The molecule has 19 heavy (non-hydrogen) atoms. The van der Waals surface area contributed by atoms with Crippen LogP contribution in [0.5, 0.6) is 0 Å². The van der Waals surface area contributed by atoms with Crippen molar-refractivity contribution >= 4 is 11.6 Å². The minimum atomic E-state index is -0.287. The zero-order valence-electron chi connectivity index (χ0n) is 11.1. The van der Waals surface area contributed by atoms with Crippen molar-refractivity contribution in [2.45, 2.75) is 20.4 Å². The third-order valence-corrected chi connectivity index (χ3v) is 2.68. The molecule has 100 valence electrons. The first-order valence-corrected chi connectivity index (χ1v) is 6.24. The number of anilines is 1. The van der Waals surface area contributed by atoms with Crippen molar-refractivity contribution in [3.8, 4) is 0 Å². The van der Waals surface area contributed by atoms with E-state index in [2.05, 4.69) is 15.8 Å². The monoisotopic (exact) mass is 259 g/mol. The average molecular weight is 259 g/mol. The molecule has 0 aliphatic heterocycles. The number of benzene rings is 1. The molecule has 0 saturated carbocycles. The second-order valence-corrected chi connectivity index (χ2v) is 4.22. The van der Waals surface area contributed by atoms with Gasteiger partial charge < -0.3 is 15.2 Å². The van der Waals surface area contributed by atoms with Crippen LogP contribution in [0.1, 0.15) is 28.7 Å². The fourth-order valence-electron chi connectivity index (χ4n) is 1.71. The number of rotatable bonds is 5. The van der Waals surface area contributed by atoms with Gasteiger partial charge >= 0.3 is 0 Å². The van der Waals surface area contributed by atoms with E-state index < -0.39 is 0 Å². The Labute approximate surface area is 112 Å². The van der Waals surface area contributed by atoms with Crippen LogP contribution in [-0.2, 0) is 6.54 Å². The molecular formula is C14H17N3O2. The lowest BCUT2D eigenvalue weighted by atomic mass is 10.1. The third kappa shape index (κ3) is 3.42. The summed E-state index contributed by atoms with van der Waals surface area (Å²) in [4.78, 5) is 12.0. The molecule has 1 amide bonds. The Balaban J connectivity index is 2.12. The first-order valence-electron chi connectivity index (χ1n) is 6.24. The fraction of sp³-hybridized carbons (Fsp3) is 0.286. The van der Waals surface area contributed by atoms with Crippen molar-refractivity contribution in [2.24, 2.45) is 0 Å². The van der Waals surface area contributed by atoms with Gasteiger partial charge in [-0.15, -0.1) is 0 Å². The number of hydrogen-bond acceptors (Lipinski definition) is 4. The molecule has 5 nitrogen and oxygen atoms in total. The molecule has 0 saturated heterocycles. The van der Waals surface area contributed by atoms with E-state index in [1.165, 1.54) is 0 Å². The number of carbonyl (C=O) groups is 1. The normalized spacial score (nSPS) is 10.4. The van der Waals surface area contributed by atoms with Crippen LogP contribution in [0.3, 0.4) is 0 Å². The minimum Gasteiger partial charge on any atom is -0.351 e. The van der Waals surface area contributed by atoms with Crippen molar-refractivity contribution in [3.63, 3.8) is 0 Å². The highest BCUT2D eigenvalue weighted by Gasteiger charge is 2.13. The molecule has 1 aromatic heterocycles. The molecule has 0 fully saturated rings. The van der Waals surface area contributed by atoms with E-state index in [-0.39, 0.29) is 11.7 Å². The Morgan fingerprint density at radius 2 is 2.16 bits per heavy atom. The zero-order chi connectivity index (χ0) is 13.7. The van der Waals surface area contributed by atoms with Gasteiger partial charge in [-0.05, 0) is 25.1 Å². The Morgan fingerprint density at radius 1 is 1.37 bits per heavy atom. The number of para-hydroxylation sites is 1. The number of hydrogen-bond donors (Lipinski definition) is 2. The summed E-state index contributed by atoms with van der Waals surface area (Å²) in [6, 6.07) is 9.29. The Hall–Kier alpha value is -2.14. The Kier molecular flexibility index (Phi) is 4.30. The number of aryl methyl sites for hydroxylation is 1. The van der Waals surface area contributed by atoms with E-state index in [1.807, 2.05) is 31.2 Å². The summed E-state index contributed by atoms with van der Waals surface area (Å²) < 4.78 is 4.94. The van der Waals surface area contributed by atoms with E-state index in [0.717, 1.165) is 17.8 Å². The minimum absolute atomic E-state index is 0.218. The van der Waals surface area contributed by atoms with Gasteiger partial charge in [0.25, 0.3) is 5.91 Å². The number of amides is 1. The van der Waals surface area contributed by atoms with E-state index >= 15 is 0 Å². The van der Waals surface area contributed by atoms with E-state index in [1.54, 1.807) is 13.0 Å². The van der Waals surface area contributed by atoms with Gasteiger partial charge in [0.2, 0.25) is 5.76 Å². The molecule has 5 heteroatoms. The average Bonchev–Trinajstić information content (AvgIpc) is 2.84. The highest BCUT2D eigenvalue weighted by molar-refractivity contribution is 6.02. The first kappa shape index (κ1) is 13.3. The Morgan fingerprint density at radius 3 is 2.84 bits per heavy atom. The van der Waals surface area contributed by atoms with Gasteiger partial charge in [0.1, 0.15) is 0 Å². The molecule has 0 aliphatic carbocycles. The second kappa shape index (κ2) is 6.15. The summed E-state index contributed by atoms with van der Waals surface area (Å²) in [7, 11) is 0. The number of aromatic nitrogens is 1. The van der Waals surface area contributed by atoms with Crippen LogP contribution in [0.4, 0.5) is 5.69 Å². The van der Waals surface area contributed by atoms with Crippen LogP contribution in [-0.4, -0.2) is 17.6 Å². The van der Waals surface area contributed by atoms with Gasteiger partial charge in [0.15, 0.2) is 0 Å². The zero-order valence-corrected chi connectivity index (χ0v) is 11.1. The number of nitrogens with zero attached hydrogens (tertiary/aromatic N) is 1. The maximum Gasteiger partial charge on any atom is 0.294 e. The molecule has 1 aromatic carbocycles. The molecular weight excluding hydrogens is 242 g/mol. The topological polar surface area (TPSA) is 67.2 Å². The van der Waals surface area contributed by atoms with Gasteiger partial charge in [-0.25, -0.2) is 0 Å². The maximum absolute atomic E-state index is 12.0. The lowest BCUT2D eigenvalue weighted by Crippen LogP contribution is -2.16. The van der Waals surface area contributed by atoms with Crippen LogP contribution in [0.2, 0.25) is 0 Å². The third-order valence-electron chi connectivity index (χ3n) is 2.68. The second-order valence-electron chi connectivity index (χ2n) is 4.22. The highest BCUT2D eigenvalue weighted by atomic mass is 16.5. The highest BCUT2D eigenvalue weighted by Crippen LogP contribution is 2.16. The van der Waals surface area contributed by atoms with Gasteiger partial charge in [-0.3, -0.25) is 4.79 Å². The summed E-state index contributed by atoms with van der Waals surface area (Å²) in [5.74, 6) is -0.0692. The quantitative estimate of drug-likeness (QED) is 0.865. The van der Waals surface area contributed by atoms with Crippen molar-refractivity contribution in [3.05, 3.63) is 47.3 Å². The maximum atomic E-state index is 12.0. The lowest BCUT2D eigenvalue weighted by Gasteiger charge is -2.10. The van der Waals surface area contributed by atoms with E-state index in [9.17, 15) is 4.79 Å². The smallest absolute Gasteiger partial charge is 0.294 e. The van der Waals surface area contributed by atoms with Crippen molar-refractivity contribution < 1.29 is 9.32 Å². The summed E-state index contributed by atoms with van der Waals surface area (Å²) in [6.07, 6.45) is 0. The van der Waals surface area contributed by atoms with Crippen LogP contribution in [0.25, 0.3) is 0 Å². The molecule has 0 spiro atoms. The van der Waals surface area contributed by atoms with E-state index in [0.29, 0.717) is 12.2 Å². The van der Waals surface area contributed by atoms with Gasteiger partial charge in [-0.1, -0.05) is 30.3 Å². The Bertz CT molecular complexity index is 563. The van der Waals surface area contributed by atoms with Crippen molar-refractivity contribution in [1.29, 1.82) is 0 Å². The molecule has 0 radical (unpaired) electrons. The SMILES string of the molecule is CCNCc1ccccc1NC(=O)c1cc(C)no1. The van der Waals surface area contributed by atoms with Crippen molar-refractivity contribution in [2.75, 3.05) is 11.9 Å². The molecule has 2 N–H and O–H groups in total. The summed E-state index contributed by atoms with van der Waals surface area (Å²) in [5.41, 5.74) is 2.50. The predicted molar refractivity (Wildman–Crippen MR) is 73.0 cm³/mol. The molecule has 1 heterocycles. The van der Waals surface area contributed by atoms with Crippen LogP contribution in [0.15, 0.2) is 34.9 Å². The predicted octanol–water partition coefficient (Wildman–Crippen LogP) is 2.34. The standard InChI is InChI=1S/C14H17N3O2/c1-3-15-9-11-6-4-5-7-12(11)16-14(18)13-8-10(2)17-19-13/h4-8,15H,3,9H2,1-2H3,(H,16,18). The van der Waals surface area contributed by atoms with Gasteiger partial charge in [-0.2, -0.15) is 0 Å². The molecule has 0 aliphatic rings. The summed E-state index contributed by atoms with van der Waals surface area (Å²) in [6.45, 7) is 5.41. The van der Waals surface area contributed by atoms with Crippen LogP contribution < -0.4 is 10.6 Å². The molecule has 0 atom stereocenters. The lowest BCUT2D eigenvalue weighted by molar-refractivity contribution is 0.0988. The van der Waals surface area contributed by atoms with Crippen LogP contribution in [0, 0.1) is 6.92 Å². The van der Waals surface area contributed by atoms with Crippen LogP contribution >= 0.6 is 0 Å². The number of carbonyl (C=O) groups excluding carboxylic acids is 1. The fourth-order valence-corrected chi connectivity index (χ4v) is 1.71. The molecule has 2 aromatic rings. The van der Waals surface area contributed by atoms with Gasteiger partial charge in [0.05, 0.1) is 5.69 Å². The summed E-state index contributed by atoms with van der Waals surface area (Å²) >= 11 is 0. The summed E-state index contributed by atoms with van der Waals surface area (Å²) in [5, 5.41) is 9.77. The molecule has 0 bridgehead atoms. The van der Waals surface area contributed by atoms with Crippen molar-refractivity contribution in [1.82, 2.24) is 10.5 Å². The van der Waals surface area contributed by atoms with Gasteiger partial charge in [0, 0.05) is 18.3 Å². The molecule has 0 unspecified atom stereocenters. The number of nitrogens with one attached hydrogen (secondary N) is 2. The van der Waals surface area contributed by atoms with E-state index in [4.69, 9.17) is 4.52 Å². The molecule has 2 rings (SSSR count). The largest absolute Gasteiger partial charge is 0.351 e.